The molecule has 2 heterocycles. The molecule has 9 heteroatoms. The largest absolute Gasteiger partial charge is 0.462 e. The Bertz CT molecular complexity index is 1710. The van der Waals surface area contributed by atoms with Gasteiger partial charge in [0.2, 0.25) is 0 Å². The quantitative estimate of drug-likeness (QED) is 0.150. The molecule has 214 valence electrons. The van der Waals surface area contributed by atoms with Crippen molar-refractivity contribution in [2.75, 3.05) is 0 Å². The van der Waals surface area contributed by atoms with Gasteiger partial charge in [-0.2, -0.15) is 0 Å². The highest BCUT2D eigenvalue weighted by molar-refractivity contribution is 14.1. The maximum absolute atomic E-state index is 12.9. The van der Waals surface area contributed by atoms with E-state index in [0.717, 1.165) is 22.8 Å². The lowest BCUT2D eigenvalue weighted by Crippen LogP contribution is -2.17. The zero-order valence-corrected chi connectivity index (χ0v) is 26.5. The van der Waals surface area contributed by atoms with Crippen molar-refractivity contribution in [2.24, 2.45) is 0 Å². The summed E-state index contributed by atoms with van der Waals surface area (Å²) in [5, 5.41) is 2.27. The molecule has 3 aromatic carbocycles. The fourth-order valence-electron chi connectivity index (χ4n) is 4.28. The standard InChI is InChI=1S/C17H21IO3.C15H8Cl2FNO/c1-4-6-11(3)20-17-13(7-5-2)16(19)14-10-12(18)8-9-15(14)21-17;16-9-7-12(17)15-13(8-9)19-6-5-14(15)20-11-3-1-10(18)2-4-11/h8-11H,4-7H2,1-3H3;1-8H. The first kappa shape index (κ1) is 31.1. The highest BCUT2D eigenvalue weighted by Crippen LogP contribution is 2.35. The summed E-state index contributed by atoms with van der Waals surface area (Å²) in [7, 11) is 0. The molecule has 0 spiro atoms. The molecule has 5 rings (SSSR count). The van der Waals surface area contributed by atoms with Crippen LogP contribution in [0.4, 0.5) is 4.39 Å². The summed E-state index contributed by atoms with van der Waals surface area (Å²) in [5.74, 6) is 1.14. The SMILES string of the molecule is CCCc1c(OC(C)CCC)oc2ccc(I)cc2c1=O.Fc1ccc(Oc2ccnc3cc(Cl)cc(Cl)c23)cc1. The molecule has 5 aromatic rings. The van der Waals surface area contributed by atoms with Crippen molar-refractivity contribution in [3.05, 3.63) is 102 Å². The van der Waals surface area contributed by atoms with E-state index in [0.29, 0.717) is 61.3 Å². The molecule has 1 atom stereocenters. The minimum Gasteiger partial charge on any atom is -0.462 e. The first-order chi connectivity index (χ1) is 19.7. The van der Waals surface area contributed by atoms with Gasteiger partial charge >= 0.3 is 0 Å². The van der Waals surface area contributed by atoms with Gasteiger partial charge in [-0.1, -0.05) is 49.9 Å². The Morgan fingerprint density at radius 3 is 2.49 bits per heavy atom. The summed E-state index contributed by atoms with van der Waals surface area (Å²) in [6.45, 7) is 6.18. The van der Waals surface area contributed by atoms with Gasteiger partial charge in [-0.05, 0) is 103 Å². The third kappa shape index (κ3) is 7.90. The highest BCUT2D eigenvalue weighted by Gasteiger charge is 2.17. The topological polar surface area (TPSA) is 61.6 Å². The van der Waals surface area contributed by atoms with Crippen LogP contribution in [0.25, 0.3) is 21.9 Å². The van der Waals surface area contributed by atoms with Crippen LogP contribution in [0.3, 0.4) is 0 Å². The van der Waals surface area contributed by atoms with Gasteiger partial charge in [-0.15, -0.1) is 0 Å². The smallest absolute Gasteiger partial charge is 0.292 e. The van der Waals surface area contributed by atoms with Crippen molar-refractivity contribution in [3.8, 4) is 17.4 Å². The maximum Gasteiger partial charge on any atom is 0.292 e. The average Bonchev–Trinajstić information content (AvgIpc) is 2.93. The molecule has 0 aliphatic carbocycles. The predicted octanol–water partition coefficient (Wildman–Crippen LogP) is 10.4. The number of hydrogen-bond donors (Lipinski definition) is 0. The van der Waals surface area contributed by atoms with E-state index in [-0.39, 0.29) is 17.3 Å². The molecule has 0 radical (unpaired) electrons. The summed E-state index contributed by atoms with van der Waals surface area (Å²) in [5.41, 5.74) is 1.94. The van der Waals surface area contributed by atoms with E-state index in [1.165, 1.54) is 12.1 Å². The van der Waals surface area contributed by atoms with Gasteiger partial charge in [-0.3, -0.25) is 9.78 Å². The van der Waals surface area contributed by atoms with E-state index in [2.05, 4.69) is 41.4 Å². The van der Waals surface area contributed by atoms with Crippen LogP contribution in [0.1, 0.15) is 45.6 Å². The van der Waals surface area contributed by atoms with Gasteiger partial charge in [0.05, 0.1) is 33.0 Å². The second-order valence-electron chi connectivity index (χ2n) is 9.45. The van der Waals surface area contributed by atoms with E-state index >= 15 is 0 Å². The summed E-state index contributed by atoms with van der Waals surface area (Å²) >= 11 is 14.3. The van der Waals surface area contributed by atoms with Gasteiger partial charge in [-0.25, -0.2) is 4.39 Å². The Morgan fingerprint density at radius 1 is 1.02 bits per heavy atom. The molecule has 0 bridgehead atoms. The normalized spacial score (nSPS) is 11.7. The van der Waals surface area contributed by atoms with Crippen LogP contribution >= 0.6 is 45.8 Å². The van der Waals surface area contributed by atoms with E-state index in [9.17, 15) is 9.18 Å². The Morgan fingerprint density at radius 2 is 1.78 bits per heavy atom. The van der Waals surface area contributed by atoms with Crippen LogP contribution in [-0.4, -0.2) is 11.1 Å². The number of ether oxygens (including phenoxy) is 2. The lowest BCUT2D eigenvalue weighted by molar-refractivity contribution is 0.161. The monoisotopic (exact) mass is 707 g/mol. The van der Waals surface area contributed by atoms with E-state index in [1.54, 1.807) is 36.5 Å². The molecule has 0 saturated carbocycles. The fourth-order valence-corrected chi connectivity index (χ4v) is 5.35. The van der Waals surface area contributed by atoms with Crippen LogP contribution in [0.5, 0.6) is 17.4 Å². The number of benzene rings is 3. The molecular formula is C32H29Cl2FINO4. The van der Waals surface area contributed by atoms with Crippen LogP contribution < -0.4 is 14.9 Å². The maximum atomic E-state index is 12.9. The fraction of sp³-hybridized carbons (Fsp3) is 0.250. The third-order valence-corrected chi connectivity index (χ3v) is 7.36. The molecule has 5 nitrogen and oxygen atoms in total. The Labute approximate surface area is 261 Å². The van der Waals surface area contributed by atoms with Crippen LogP contribution in [0.2, 0.25) is 10.0 Å². The molecule has 1 unspecified atom stereocenters. The van der Waals surface area contributed by atoms with Crippen molar-refractivity contribution in [2.45, 2.75) is 52.6 Å². The Hall–Kier alpha value is -2.88. The number of fused-ring (bicyclic) bond motifs is 2. The first-order valence-corrected chi connectivity index (χ1v) is 15.1. The second kappa shape index (κ2) is 14.3. The summed E-state index contributed by atoms with van der Waals surface area (Å²) in [6, 6.07) is 16.4. The molecule has 0 saturated heterocycles. The molecule has 0 aliphatic heterocycles. The lowest BCUT2D eigenvalue weighted by atomic mass is 10.1. The molecule has 0 amide bonds. The first-order valence-electron chi connectivity index (χ1n) is 13.3. The number of rotatable bonds is 8. The van der Waals surface area contributed by atoms with Gasteiger partial charge in [0, 0.05) is 14.8 Å². The van der Waals surface area contributed by atoms with Gasteiger partial charge in [0.1, 0.15) is 22.9 Å². The molecule has 41 heavy (non-hydrogen) atoms. The molecule has 0 N–H and O–H groups in total. The minimum atomic E-state index is -0.318. The molecule has 2 aromatic heterocycles. The summed E-state index contributed by atoms with van der Waals surface area (Å²) in [4.78, 5) is 16.9. The zero-order valence-electron chi connectivity index (χ0n) is 22.8. The number of hydrogen-bond acceptors (Lipinski definition) is 5. The number of pyridine rings is 1. The van der Waals surface area contributed by atoms with Crippen molar-refractivity contribution >= 4 is 67.7 Å². The van der Waals surface area contributed by atoms with Crippen molar-refractivity contribution in [1.29, 1.82) is 0 Å². The second-order valence-corrected chi connectivity index (χ2v) is 11.5. The number of aromatic nitrogens is 1. The van der Waals surface area contributed by atoms with E-state index in [4.69, 9.17) is 37.1 Å². The summed E-state index contributed by atoms with van der Waals surface area (Å²) < 4.78 is 31.4. The predicted molar refractivity (Wildman–Crippen MR) is 172 cm³/mol. The Kier molecular flexibility index (Phi) is 10.9. The van der Waals surface area contributed by atoms with E-state index in [1.807, 2.05) is 25.1 Å². The molecule has 0 aliphatic rings. The van der Waals surface area contributed by atoms with Gasteiger partial charge in [0.25, 0.3) is 5.95 Å². The van der Waals surface area contributed by atoms with Crippen LogP contribution in [-0.2, 0) is 6.42 Å². The lowest BCUT2D eigenvalue weighted by Gasteiger charge is -2.15. The molecule has 0 fully saturated rings. The third-order valence-electron chi connectivity index (χ3n) is 6.17. The summed E-state index contributed by atoms with van der Waals surface area (Å²) in [6.07, 6.45) is 5.21. The molecular weight excluding hydrogens is 679 g/mol. The van der Waals surface area contributed by atoms with Gasteiger partial charge in [0.15, 0.2) is 5.43 Å². The Balaban J connectivity index is 0.000000189. The highest BCUT2D eigenvalue weighted by atomic mass is 127. The van der Waals surface area contributed by atoms with Crippen molar-refractivity contribution < 1.29 is 18.3 Å². The van der Waals surface area contributed by atoms with E-state index < -0.39 is 0 Å². The van der Waals surface area contributed by atoms with Crippen molar-refractivity contribution in [1.82, 2.24) is 4.98 Å². The van der Waals surface area contributed by atoms with Crippen LogP contribution in [0.15, 0.2) is 76.1 Å². The number of halogens is 4. The van der Waals surface area contributed by atoms with Crippen LogP contribution in [0, 0.1) is 9.39 Å². The minimum absolute atomic E-state index is 0.0373. The average molecular weight is 708 g/mol. The van der Waals surface area contributed by atoms with Gasteiger partial charge < -0.3 is 13.9 Å². The number of nitrogens with zero attached hydrogens (tertiary/aromatic N) is 1. The zero-order chi connectivity index (χ0) is 29.5. The van der Waals surface area contributed by atoms with Crippen molar-refractivity contribution in [3.63, 3.8) is 0 Å².